The molecule has 0 radical (unpaired) electrons. The van der Waals surface area contributed by atoms with E-state index < -0.39 is 18.1 Å². The molecule has 2 aliphatic heterocycles. The minimum absolute atomic E-state index is 0.0944. The Balaban J connectivity index is 1.30. The fraction of sp³-hybridized carbons (Fsp3) is 0.348. The van der Waals surface area contributed by atoms with Crippen LogP contribution in [0.25, 0.3) is 0 Å². The molecule has 4 rings (SSSR count). The lowest BCUT2D eigenvalue weighted by Crippen LogP contribution is -2.62. The van der Waals surface area contributed by atoms with Gasteiger partial charge in [-0.25, -0.2) is 4.79 Å². The number of nitrogens with zero attached hydrogens (tertiary/aromatic N) is 1. The van der Waals surface area contributed by atoms with Gasteiger partial charge in [0.25, 0.3) is 0 Å². The second-order valence-corrected chi connectivity index (χ2v) is 8.50. The summed E-state index contributed by atoms with van der Waals surface area (Å²) in [7, 11) is 0. The van der Waals surface area contributed by atoms with E-state index in [1.807, 2.05) is 37.3 Å². The van der Waals surface area contributed by atoms with Crippen molar-refractivity contribution < 1.29 is 19.1 Å². The summed E-state index contributed by atoms with van der Waals surface area (Å²) in [6, 6.07) is 12.8. The van der Waals surface area contributed by atoms with E-state index in [9.17, 15) is 14.4 Å². The molecule has 2 aromatic rings. The van der Waals surface area contributed by atoms with Crippen molar-refractivity contribution in [2.24, 2.45) is 0 Å². The van der Waals surface area contributed by atoms with Crippen LogP contribution in [0.15, 0.2) is 48.5 Å². The van der Waals surface area contributed by atoms with Crippen LogP contribution in [0.5, 0.6) is 0 Å². The number of benzene rings is 2. The van der Waals surface area contributed by atoms with E-state index in [1.54, 1.807) is 18.2 Å². The number of halogens is 1. The monoisotopic (exact) mass is 456 g/mol. The average molecular weight is 457 g/mol. The molecule has 0 aromatic heterocycles. The zero-order chi connectivity index (χ0) is 22.7. The smallest absolute Gasteiger partial charge is 0.319 e. The van der Waals surface area contributed by atoms with E-state index in [1.165, 1.54) is 4.90 Å². The molecule has 2 saturated heterocycles. The van der Waals surface area contributed by atoms with Gasteiger partial charge >= 0.3 is 6.03 Å². The quantitative estimate of drug-likeness (QED) is 0.621. The van der Waals surface area contributed by atoms with Crippen molar-refractivity contribution in [3.8, 4) is 0 Å². The number of anilines is 1. The average Bonchev–Trinajstić information content (AvgIpc) is 3.19. The Labute approximate surface area is 191 Å². The zero-order valence-electron chi connectivity index (χ0n) is 17.6. The van der Waals surface area contributed by atoms with Gasteiger partial charge in [0.15, 0.2) is 0 Å². The van der Waals surface area contributed by atoms with Crippen molar-refractivity contribution in [3.63, 3.8) is 0 Å². The van der Waals surface area contributed by atoms with Gasteiger partial charge in [0.1, 0.15) is 12.1 Å². The first kappa shape index (κ1) is 22.1. The van der Waals surface area contributed by atoms with Gasteiger partial charge in [-0.2, -0.15) is 0 Å². The number of urea groups is 1. The van der Waals surface area contributed by atoms with Crippen LogP contribution in [0.1, 0.15) is 17.5 Å². The highest BCUT2D eigenvalue weighted by Gasteiger charge is 2.46. The molecular formula is C23H25ClN4O4. The fourth-order valence-electron chi connectivity index (χ4n) is 4.06. The molecule has 168 valence electrons. The van der Waals surface area contributed by atoms with Crippen LogP contribution in [0.4, 0.5) is 10.5 Å². The number of piperazine rings is 1. The van der Waals surface area contributed by atoms with Gasteiger partial charge < -0.3 is 25.6 Å². The molecule has 2 aromatic carbocycles. The molecule has 0 spiro atoms. The molecule has 0 saturated carbocycles. The molecule has 32 heavy (non-hydrogen) atoms. The van der Waals surface area contributed by atoms with Gasteiger partial charge in [-0.1, -0.05) is 41.9 Å². The fourth-order valence-corrected chi connectivity index (χ4v) is 4.28. The molecule has 4 amide bonds. The summed E-state index contributed by atoms with van der Waals surface area (Å²) in [6.45, 7) is 2.58. The Morgan fingerprint density at radius 2 is 2.00 bits per heavy atom. The van der Waals surface area contributed by atoms with Gasteiger partial charge in [-0.3, -0.25) is 9.59 Å². The SMILES string of the molecule is Cc1cc(Cl)ccc1NC(=O)N[C@H]1C[C@H]2C(=O)N[C@@H](COCc3ccccc3)C(=O)N2C1. The van der Waals surface area contributed by atoms with E-state index in [0.29, 0.717) is 23.7 Å². The molecule has 2 heterocycles. The molecule has 2 aliphatic rings. The maximum absolute atomic E-state index is 12.9. The van der Waals surface area contributed by atoms with E-state index in [2.05, 4.69) is 16.0 Å². The highest BCUT2D eigenvalue weighted by atomic mass is 35.5. The first-order valence-electron chi connectivity index (χ1n) is 10.5. The summed E-state index contributed by atoms with van der Waals surface area (Å²) in [6.07, 6.45) is 0.363. The number of carbonyl (C=O) groups is 3. The third kappa shape index (κ3) is 5.03. The number of hydrogen-bond acceptors (Lipinski definition) is 4. The summed E-state index contributed by atoms with van der Waals surface area (Å²) in [4.78, 5) is 39.4. The summed E-state index contributed by atoms with van der Waals surface area (Å²) in [5, 5.41) is 8.99. The van der Waals surface area contributed by atoms with Gasteiger partial charge in [-0.15, -0.1) is 0 Å². The molecule has 0 unspecified atom stereocenters. The lowest BCUT2D eigenvalue weighted by atomic mass is 10.1. The lowest BCUT2D eigenvalue weighted by Gasteiger charge is -2.34. The maximum atomic E-state index is 12.9. The lowest BCUT2D eigenvalue weighted by molar-refractivity contribution is -0.148. The topological polar surface area (TPSA) is 99.8 Å². The molecule has 2 fully saturated rings. The first-order chi connectivity index (χ1) is 15.4. The van der Waals surface area contributed by atoms with Crippen molar-refractivity contribution in [1.82, 2.24) is 15.5 Å². The van der Waals surface area contributed by atoms with Crippen molar-refractivity contribution in [1.29, 1.82) is 0 Å². The highest BCUT2D eigenvalue weighted by Crippen LogP contribution is 2.24. The van der Waals surface area contributed by atoms with E-state index in [4.69, 9.17) is 16.3 Å². The Hall–Kier alpha value is -3.10. The van der Waals surface area contributed by atoms with Crippen molar-refractivity contribution in [2.75, 3.05) is 18.5 Å². The number of amides is 4. The first-order valence-corrected chi connectivity index (χ1v) is 10.8. The van der Waals surface area contributed by atoms with E-state index >= 15 is 0 Å². The molecule has 3 N–H and O–H groups in total. The standard InChI is InChI=1S/C23H25ClN4O4/c1-14-9-16(24)7-8-18(14)27-23(31)25-17-10-20-21(29)26-19(22(30)28(20)11-17)13-32-12-15-5-3-2-4-6-15/h2-9,17,19-20H,10-13H2,1H3,(H,26,29)(H2,25,27,31)/t17-,19-,20-/m0/s1. The number of rotatable bonds is 6. The number of nitrogens with one attached hydrogen (secondary N) is 3. The van der Waals surface area contributed by atoms with Crippen LogP contribution in [0, 0.1) is 6.92 Å². The number of hydrogen-bond donors (Lipinski definition) is 3. The van der Waals surface area contributed by atoms with Crippen LogP contribution >= 0.6 is 11.6 Å². The molecule has 3 atom stereocenters. The predicted octanol–water partition coefficient (Wildman–Crippen LogP) is 2.45. The Kier molecular flexibility index (Phi) is 6.62. The molecule has 8 nitrogen and oxygen atoms in total. The molecular weight excluding hydrogens is 432 g/mol. The number of ether oxygens (including phenoxy) is 1. The predicted molar refractivity (Wildman–Crippen MR) is 120 cm³/mol. The van der Waals surface area contributed by atoms with Gasteiger partial charge in [0.05, 0.1) is 19.3 Å². The van der Waals surface area contributed by atoms with Gasteiger partial charge in [0, 0.05) is 17.3 Å². The second-order valence-electron chi connectivity index (χ2n) is 8.06. The van der Waals surface area contributed by atoms with E-state index in [0.717, 1.165) is 11.1 Å². The van der Waals surface area contributed by atoms with Gasteiger partial charge in [0.2, 0.25) is 11.8 Å². The van der Waals surface area contributed by atoms with Crippen molar-refractivity contribution >= 4 is 35.1 Å². The minimum atomic E-state index is -0.730. The van der Waals surface area contributed by atoms with E-state index in [-0.39, 0.29) is 31.0 Å². The summed E-state index contributed by atoms with van der Waals surface area (Å²) in [5.74, 6) is -0.419. The number of aryl methyl sites for hydroxylation is 1. The molecule has 0 aliphatic carbocycles. The number of carbonyl (C=O) groups excluding carboxylic acids is 3. The zero-order valence-corrected chi connectivity index (χ0v) is 18.4. The Morgan fingerprint density at radius 3 is 2.75 bits per heavy atom. The summed E-state index contributed by atoms with van der Waals surface area (Å²) < 4.78 is 5.65. The van der Waals surface area contributed by atoms with Crippen molar-refractivity contribution in [2.45, 2.75) is 38.1 Å². The Bertz CT molecular complexity index is 1020. The van der Waals surface area contributed by atoms with Crippen molar-refractivity contribution in [3.05, 3.63) is 64.7 Å². The second kappa shape index (κ2) is 9.58. The van der Waals surface area contributed by atoms with Crippen LogP contribution in [-0.2, 0) is 20.9 Å². The summed E-state index contributed by atoms with van der Waals surface area (Å²) >= 11 is 5.95. The van der Waals surface area contributed by atoms with Crippen LogP contribution in [0.3, 0.4) is 0 Å². The Morgan fingerprint density at radius 1 is 1.22 bits per heavy atom. The molecule has 9 heteroatoms. The van der Waals surface area contributed by atoms with Crippen LogP contribution < -0.4 is 16.0 Å². The third-order valence-corrected chi connectivity index (χ3v) is 5.90. The number of fused-ring (bicyclic) bond motifs is 1. The maximum Gasteiger partial charge on any atom is 0.319 e. The highest BCUT2D eigenvalue weighted by molar-refractivity contribution is 6.30. The summed E-state index contributed by atoms with van der Waals surface area (Å²) in [5.41, 5.74) is 2.48. The van der Waals surface area contributed by atoms with Gasteiger partial charge in [-0.05, 0) is 42.7 Å². The largest absolute Gasteiger partial charge is 0.374 e. The van der Waals surface area contributed by atoms with Crippen LogP contribution in [-0.4, -0.2) is 54.0 Å². The normalized spacial score (nSPS) is 22.3. The van der Waals surface area contributed by atoms with Crippen LogP contribution in [0.2, 0.25) is 5.02 Å². The minimum Gasteiger partial charge on any atom is -0.374 e. The molecule has 0 bridgehead atoms. The third-order valence-electron chi connectivity index (χ3n) is 5.67.